The van der Waals surface area contributed by atoms with Gasteiger partial charge in [0.2, 0.25) is 10.0 Å². The SMILES string of the molecule is C[C@H]1CNCCN1S(=O)(=O)c1cc(Br)c(F)cc1F.Cl. The van der Waals surface area contributed by atoms with Crippen LogP contribution in [0.1, 0.15) is 6.92 Å². The van der Waals surface area contributed by atoms with Crippen molar-refractivity contribution in [3.63, 3.8) is 0 Å². The fourth-order valence-electron chi connectivity index (χ4n) is 2.01. The third-order valence-electron chi connectivity index (χ3n) is 3.00. The van der Waals surface area contributed by atoms with E-state index in [0.29, 0.717) is 19.2 Å². The maximum atomic E-state index is 13.7. The summed E-state index contributed by atoms with van der Waals surface area (Å²) in [6.45, 7) is 3.01. The van der Waals surface area contributed by atoms with Crippen LogP contribution >= 0.6 is 28.3 Å². The largest absolute Gasteiger partial charge is 0.314 e. The second kappa shape index (κ2) is 6.65. The van der Waals surface area contributed by atoms with Crippen LogP contribution in [-0.4, -0.2) is 38.4 Å². The molecule has 1 saturated heterocycles. The summed E-state index contributed by atoms with van der Waals surface area (Å²) in [7, 11) is -3.96. The van der Waals surface area contributed by atoms with Gasteiger partial charge in [0.15, 0.2) is 0 Å². The Balaban J connectivity index is 0.00000200. The Bertz CT molecular complexity index is 600. The molecule has 114 valence electrons. The van der Waals surface area contributed by atoms with Crippen molar-refractivity contribution in [2.24, 2.45) is 0 Å². The molecular weight excluding hydrogens is 378 g/mol. The molecule has 1 atom stereocenters. The van der Waals surface area contributed by atoms with Crippen molar-refractivity contribution in [1.82, 2.24) is 9.62 Å². The quantitative estimate of drug-likeness (QED) is 0.786. The van der Waals surface area contributed by atoms with Crippen LogP contribution in [0.15, 0.2) is 21.5 Å². The first-order chi connectivity index (χ1) is 8.84. The van der Waals surface area contributed by atoms with Crippen LogP contribution in [0.3, 0.4) is 0 Å². The Kier molecular flexibility index (Phi) is 5.91. The fourth-order valence-corrected chi connectivity index (χ4v) is 4.21. The molecule has 0 amide bonds. The van der Waals surface area contributed by atoms with Crippen LogP contribution in [0.5, 0.6) is 0 Å². The van der Waals surface area contributed by atoms with E-state index in [1.165, 1.54) is 4.31 Å². The number of nitrogens with one attached hydrogen (secondary N) is 1. The lowest BCUT2D eigenvalue weighted by molar-refractivity contribution is 0.283. The smallest absolute Gasteiger partial charge is 0.246 e. The molecule has 20 heavy (non-hydrogen) atoms. The van der Waals surface area contributed by atoms with Crippen molar-refractivity contribution in [3.05, 3.63) is 28.2 Å². The van der Waals surface area contributed by atoms with Crippen LogP contribution in [-0.2, 0) is 10.0 Å². The predicted octanol–water partition coefficient (Wildman–Crippen LogP) is 2.13. The van der Waals surface area contributed by atoms with E-state index in [-0.39, 0.29) is 29.5 Å². The fraction of sp³-hybridized carbons (Fsp3) is 0.455. The Morgan fingerprint density at radius 3 is 2.60 bits per heavy atom. The van der Waals surface area contributed by atoms with Gasteiger partial charge < -0.3 is 5.32 Å². The van der Waals surface area contributed by atoms with Crippen molar-refractivity contribution in [2.75, 3.05) is 19.6 Å². The molecule has 0 unspecified atom stereocenters. The van der Waals surface area contributed by atoms with Crippen LogP contribution < -0.4 is 5.32 Å². The molecule has 1 aromatic rings. The number of hydrogen-bond donors (Lipinski definition) is 1. The third-order valence-corrected chi connectivity index (χ3v) is 5.64. The van der Waals surface area contributed by atoms with Gasteiger partial charge in [-0.1, -0.05) is 0 Å². The van der Waals surface area contributed by atoms with Gasteiger partial charge in [-0.2, -0.15) is 4.31 Å². The lowest BCUT2D eigenvalue weighted by Gasteiger charge is -2.32. The molecule has 1 aliphatic heterocycles. The molecule has 0 spiro atoms. The van der Waals surface area contributed by atoms with Crippen molar-refractivity contribution in [3.8, 4) is 0 Å². The summed E-state index contributed by atoms with van der Waals surface area (Å²) >= 11 is 2.87. The van der Waals surface area contributed by atoms with Gasteiger partial charge in [-0.05, 0) is 28.9 Å². The normalized spacial score (nSPS) is 20.5. The highest BCUT2D eigenvalue weighted by atomic mass is 79.9. The molecule has 4 nitrogen and oxygen atoms in total. The number of benzene rings is 1. The topological polar surface area (TPSA) is 49.4 Å². The molecule has 2 rings (SSSR count). The van der Waals surface area contributed by atoms with Crippen molar-refractivity contribution in [1.29, 1.82) is 0 Å². The van der Waals surface area contributed by atoms with Crippen LogP contribution in [0.2, 0.25) is 0 Å². The Labute approximate surface area is 131 Å². The molecule has 9 heteroatoms. The van der Waals surface area contributed by atoms with Crippen molar-refractivity contribution in [2.45, 2.75) is 17.9 Å². The first-order valence-corrected chi connectivity index (χ1v) is 7.94. The summed E-state index contributed by atoms with van der Waals surface area (Å²) in [5, 5.41) is 3.05. The summed E-state index contributed by atoms with van der Waals surface area (Å²) in [6.07, 6.45) is 0. The second-order valence-electron chi connectivity index (χ2n) is 4.37. The van der Waals surface area contributed by atoms with Crippen LogP contribution in [0.4, 0.5) is 8.78 Å². The van der Waals surface area contributed by atoms with Crippen molar-refractivity contribution >= 4 is 38.4 Å². The molecule has 0 radical (unpaired) electrons. The van der Waals surface area contributed by atoms with Gasteiger partial charge >= 0.3 is 0 Å². The molecule has 0 aliphatic carbocycles. The van der Waals surface area contributed by atoms with E-state index in [1.807, 2.05) is 0 Å². The zero-order chi connectivity index (χ0) is 14.2. The molecule has 1 aliphatic rings. The zero-order valence-corrected chi connectivity index (χ0v) is 13.8. The minimum absolute atomic E-state index is 0. The first kappa shape index (κ1) is 17.8. The van der Waals surface area contributed by atoms with Gasteiger partial charge in [-0.25, -0.2) is 17.2 Å². The molecule has 0 bridgehead atoms. The standard InChI is InChI=1S/C11H13BrF2N2O2S.ClH/c1-7-6-15-2-3-16(7)19(17,18)11-4-8(12)9(13)5-10(11)14;/h4-5,7,15H,2-3,6H2,1H3;1H/t7-;/m0./s1. The van der Waals surface area contributed by atoms with Crippen LogP contribution in [0, 0.1) is 11.6 Å². The third kappa shape index (κ3) is 3.30. The molecule has 0 aromatic heterocycles. The van der Waals surface area contributed by atoms with Crippen LogP contribution in [0.25, 0.3) is 0 Å². The summed E-state index contributed by atoms with van der Waals surface area (Å²) in [6, 6.07) is 1.26. The number of rotatable bonds is 2. The summed E-state index contributed by atoms with van der Waals surface area (Å²) in [5.41, 5.74) is 0. The van der Waals surface area contributed by atoms with Gasteiger partial charge in [0.1, 0.15) is 16.5 Å². The highest BCUT2D eigenvalue weighted by Gasteiger charge is 2.33. The van der Waals surface area contributed by atoms with E-state index in [2.05, 4.69) is 21.2 Å². The first-order valence-electron chi connectivity index (χ1n) is 5.71. The minimum Gasteiger partial charge on any atom is -0.314 e. The van der Waals surface area contributed by atoms with Gasteiger partial charge in [0, 0.05) is 31.7 Å². The van der Waals surface area contributed by atoms with E-state index in [1.54, 1.807) is 6.92 Å². The average molecular weight is 392 g/mol. The molecule has 1 aromatic carbocycles. The number of piperazine rings is 1. The number of halogens is 4. The van der Waals surface area contributed by atoms with E-state index in [0.717, 1.165) is 6.07 Å². The van der Waals surface area contributed by atoms with Gasteiger partial charge in [-0.3, -0.25) is 0 Å². The van der Waals surface area contributed by atoms with Gasteiger partial charge in [0.25, 0.3) is 0 Å². The molecule has 1 N–H and O–H groups in total. The lowest BCUT2D eigenvalue weighted by atomic mass is 10.3. The van der Waals surface area contributed by atoms with Gasteiger partial charge in [-0.15, -0.1) is 12.4 Å². The molecular formula is C11H14BrClF2N2O2S. The predicted molar refractivity (Wildman–Crippen MR) is 77.5 cm³/mol. The molecule has 0 saturated carbocycles. The Morgan fingerprint density at radius 1 is 1.35 bits per heavy atom. The number of hydrogen-bond acceptors (Lipinski definition) is 3. The highest BCUT2D eigenvalue weighted by molar-refractivity contribution is 9.10. The average Bonchev–Trinajstić information content (AvgIpc) is 2.34. The summed E-state index contributed by atoms with van der Waals surface area (Å²) in [4.78, 5) is -0.505. The van der Waals surface area contributed by atoms with E-state index < -0.39 is 26.6 Å². The molecule has 1 heterocycles. The Hall–Kier alpha value is -0.280. The minimum atomic E-state index is -3.96. The van der Waals surface area contributed by atoms with Crippen molar-refractivity contribution < 1.29 is 17.2 Å². The maximum Gasteiger partial charge on any atom is 0.246 e. The molecule has 1 fully saturated rings. The lowest BCUT2D eigenvalue weighted by Crippen LogP contribution is -2.52. The van der Waals surface area contributed by atoms with E-state index >= 15 is 0 Å². The number of sulfonamides is 1. The Morgan fingerprint density at radius 2 is 2.00 bits per heavy atom. The second-order valence-corrected chi connectivity index (χ2v) is 7.08. The number of nitrogens with zero attached hydrogens (tertiary/aromatic N) is 1. The highest BCUT2D eigenvalue weighted by Crippen LogP contribution is 2.27. The van der Waals surface area contributed by atoms with E-state index in [4.69, 9.17) is 0 Å². The zero-order valence-electron chi connectivity index (χ0n) is 10.6. The maximum absolute atomic E-state index is 13.7. The summed E-state index contributed by atoms with van der Waals surface area (Å²) < 4.78 is 52.8. The van der Waals surface area contributed by atoms with Gasteiger partial charge in [0.05, 0.1) is 4.47 Å². The monoisotopic (exact) mass is 390 g/mol. The van der Waals surface area contributed by atoms with E-state index in [9.17, 15) is 17.2 Å². The summed E-state index contributed by atoms with van der Waals surface area (Å²) in [5.74, 6) is -1.91.